The van der Waals surface area contributed by atoms with E-state index in [1.54, 1.807) is 37.7 Å². The summed E-state index contributed by atoms with van der Waals surface area (Å²) in [6.07, 6.45) is 3.19. The Labute approximate surface area is 86.1 Å². The maximum Gasteiger partial charge on any atom is 0.330 e. The summed E-state index contributed by atoms with van der Waals surface area (Å²) < 4.78 is 6.46. The van der Waals surface area contributed by atoms with Gasteiger partial charge in [-0.1, -0.05) is 0 Å². The number of hydrogen-bond donors (Lipinski definition) is 2. The Morgan fingerprint density at radius 3 is 2.80 bits per heavy atom. The van der Waals surface area contributed by atoms with Gasteiger partial charge in [0.05, 0.1) is 18.5 Å². The molecule has 1 aromatic heterocycles. The lowest BCUT2D eigenvalue weighted by Crippen LogP contribution is -2.15. The third-order valence-corrected chi connectivity index (χ3v) is 2.14. The molecule has 0 saturated heterocycles. The molecule has 2 aromatic rings. The van der Waals surface area contributed by atoms with Crippen LogP contribution in [0.25, 0.3) is 5.69 Å². The highest BCUT2D eigenvalue weighted by Gasteiger charge is 2.05. The number of nitrogen functional groups attached to an aromatic ring is 1. The van der Waals surface area contributed by atoms with E-state index in [0.29, 0.717) is 17.1 Å². The molecule has 0 aliphatic heterocycles. The van der Waals surface area contributed by atoms with Gasteiger partial charge in [-0.05, 0) is 12.1 Å². The van der Waals surface area contributed by atoms with Gasteiger partial charge in [-0.25, -0.2) is 4.79 Å². The van der Waals surface area contributed by atoms with Crippen molar-refractivity contribution in [2.75, 3.05) is 12.8 Å². The van der Waals surface area contributed by atoms with Crippen LogP contribution in [0.4, 0.5) is 5.69 Å². The molecule has 0 saturated carbocycles. The van der Waals surface area contributed by atoms with E-state index in [4.69, 9.17) is 10.5 Å². The summed E-state index contributed by atoms with van der Waals surface area (Å²) in [5.74, 6) is 0.667. The first-order chi connectivity index (χ1) is 7.22. The summed E-state index contributed by atoms with van der Waals surface area (Å²) >= 11 is 0. The number of nitrogens with zero attached hydrogens (tertiary/aromatic N) is 1. The topological polar surface area (TPSA) is 73.0 Å². The molecule has 0 atom stereocenters. The predicted molar refractivity (Wildman–Crippen MR) is 57.4 cm³/mol. The standard InChI is InChI=1S/C10H11N3O2/c1-15-7-2-3-9(8(11)6-7)13-5-4-12-10(13)14/h2-6H,11H2,1H3,(H,12,14). The van der Waals surface area contributed by atoms with Gasteiger partial charge in [-0.15, -0.1) is 0 Å². The van der Waals surface area contributed by atoms with Crippen LogP contribution in [-0.4, -0.2) is 16.7 Å². The first kappa shape index (κ1) is 9.39. The number of benzene rings is 1. The van der Waals surface area contributed by atoms with Gasteiger partial charge < -0.3 is 15.5 Å². The van der Waals surface area contributed by atoms with E-state index in [9.17, 15) is 4.79 Å². The zero-order chi connectivity index (χ0) is 10.8. The van der Waals surface area contributed by atoms with Gasteiger partial charge >= 0.3 is 5.69 Å². The van der Waals surface area contributed by atoms with Crippen LogP contribution in [-0.2, 0) is 0 Å². The number of H-pyrrole nitrogens is 1. The molecule has 1 heterocycles. The molecule has 0 radical (unpaired) electrons. The molecule has 0 aliphatic carbocycles. The summed E-state index contributed by atoms with van der Waals surface area (Å²) in [6, 6.07) is 5.17. The van der Waals surface area contributed by atoms with Crippen LogP contribution in [0.2, 0.25) is 0 Å². The molecule has 0 fully saturated rings. The zero-order valence-electron chi connectivity index (χ0n) is 8.23. The second-order valence-corrected chi connectivity index (χ2v) is 3.06. The minimum atomic E-state index is -0.216. The molecule has 2 rings (SSSR count). The highest BCUT2D eigenvalue weighted by atomic mass is 16.5. The Morgan fingerprint density at radius 1 is 1.47 bits per heavy atom. The van der Waals surface area contributed by atoms with Gasteiger partial charge in [0.2, 0.25) is 0 Å². The number of anilines is 1. The quantitative estimate of drug-likeness (QED) is 0.711. The first-order valence-electron chi connectivity index (χ1n) is 4.42. The molecule has 1 aromatic carbocycles. The number of hydrogen-bond acceptors (Lipinski definition) is 3. The number of rotatable bonds is 2. The Kier molecular flexibility index (Phi) is 2.21. The number of methoxy groups -OCH3 is 1. The van der Waals surface area contributed by atoms with Gasteiger partial charge in [-0.2, -0.15) is 0 Å². The lowest BCUT2D eigenvalue weighted by molar-refractivity contribution is 0.415. The monoisotopic (exact) mass is 205 g/mol. The van der Waals surface area contributed by atoms with E-state index >= 15 is 0 Å². The lowest BCUT2D eigenvalue weighted by atomic mass is 10.2. The lowest BCUT2D eigenvalue weighted by Gasteiger charge is -2.07. The van der Waals surface area contributed by atoms with E-state index in [1.165, 1.54) is 4.57 Å². The second kappa shape index (κ2) is 3.53. The highest BCUT2D eigenvalue weighted by Crippen LogP contribution is 2.21. The molecule has 5 heteroatoms. The number of ether oxygens (including phenoxy) is 1. The maximum absolute atomic E-state index is 11.3. The van der Waals surface area contributed by atoms with Gasteiger partial charge in [0.1, 0.15) is 5.75 Å². The molecule has 0 bridgehead atoms. The van der Waals surface area contributed by atoms with Crippen LogP contribution < -0.4 is 16.2 Å². The molecule has 0 aliphatic rings. The first-order valence-corrected chi connectivity index (χ1v) is 4.42. The largest absolute Gasteiger partial charge is 0.497 e. The molecular weight excluding hydrogens is 194 g/mol. The van der Waals surface area contributed by atoms with Crippen LogP contribution >= 0.6 is 0 Å². The van der Waals surface area contributed by atoms with Crippen LogP contribution in [0.15, 0.2) is 35.4 Å². The van der Waals surface area contributed by atoms with Crippen molar-refractivity contribution in [3.63, 3.8) is 0 Å². The summed E-state index contributed by atoms with van der Waals surface area (Å²) in [5.41, 5.74) is 6.72. The Hall–Kier alpha value is -2.17. The van der Waals surface area contributed by atoms with Crippen molar-refractivity contribution in [3.8, 4) is 11.4 Å². The summed E-state index contributed by atoms with van der Waals surface area (Å²) in [6.45, 7) is 0. The number of imidazole rings is 1. The molecule has 3 N–H and O–H groups in total. The van der Waals surface area contributed by atoms with Crippen LogP contribution in [0, 0.1) is 0 Å². The van der Waals surface area contributed by atoms with E-state index < -0.39 is 0 Å². The van der Waals surface area contributed by atoms with E-state index in [-0.39, 0.29) is 5.69 Å². The SMILES string of the molecule is COc1ccc(-n2cc[nH]c2=O)c(N)c1. The van der Waals surface area contributed by atoms with Crippen LogP contribution in [0.5, 0.6) is 5.75 Å². The number of nitrogens with two attached hydrogens (primary N) is 1. The van der Waals surface area contributed by atoms with Crippen molar-refractivity contribution in [3.05, 3.63) is 41.1 Å². The number of aromatic nitrogens is 2. The van der Waals surface area contributed by atoms with E-state index in [1.807, 2.05) is 0 Å². The van der Waals surface area contributed by atoms with Gasteiger partial charge in [0, 0.05) is 18.5 Å². The van der Waals surface area contributed by atoms with Crippen LogP contribution in [0.1, 0.15) is 0 Å². The minimum absolute atomic E-state index is 0.216. The van der Waals surface area contributed by atoms with Crippen molar-refractivity contribution < 1.29 is 4.74 Å². The molecule has 15 heavy (non-hydrogen) atoms. The Balaban J connectivity index is 2.55. The fraction of sp³-hybridized carbons (Fsp3) is 0.100. The highest BCUT2D eigenvalue weighted by molar-refractivity contribution is 5.60. The average molecular weight is 205 g/mol. The van der Waals surface area contributed by atoms with E-state index in [2.05, 4.69) is 4.98 Å². The minimum Gasteiger partial charge on any atom is -0.497 e. The zero-order valence-corrected chi connectivity index (χ0v) is 8.23. The van der Waals surface area contributed by atoms with Crippen molar-refractivity contribution in [1.82, 2.24) is 9.55 Å². The van der Waals surface area contributed by atoms with Crippen molar-refractivity contribution >= 4 is 5.69 Å². The van der Waals surface area contributed by atoms with E-state index in [0.717, 1.165) is 0 Å². The smallest absolute Gasteiger partial charge is 0.330 e. The predicted octanol–water partition coefficient (Wildman–Crippen LogP) is 0.756. The van der Waals surface area contributed by atoms with Crippen molar-refractivity contribution in [2.45, 2.75) is 0 Å². The van der Waals surface area contributed by atoms with Crippen LogP contribution in [0.3, 0.4) is 0 Å². The fourth-order valence-corrected chi connectivity index (χ4v) is 1.39. The average Bonchev–Trinajstić information content (AvgIpc) is 2.64. The number of aromatic amines is 1. The second-order valence-electron chi connectivity index (χ2n) is 3.06. The fourth-order valence-electron chi connectivity index (χ4n) is 1.39. The van der Waals surface area contributed by atoms with Gasteiger partial charge in [-0.3, -0.25) is 4.57 Å². The molecular formula is C10H11N3O2. The van der Waals surface area contributed by atoms with Crippen molar-refractivity contribution in [1.29, 1.82) is 0 Å². The molecule has 5 nitrogen and oxygen atoms in total. The normalized spacial score (nSPS) is 10.2. The van der Waals surface area contributed by atoms with Crippen molar-refractivity contribution in [2.24, 2.45) is 0 Å². The molecule has 78 valence electrons. The molecule has 0 unspecified atom stereocenters. The number of nitrogens with one attached hydrogen (secondary N) is 1. The third-order valence-electron chi connectivity index (χ3n) is 2.14. The third kappa shape index (κ3) is 1.59. The molecule has 0 amide bonds. The summed E-state index contributed by atoms with van der Waals surface area (Å²) in [4.78, 5) is 13.9. The van der Waals surface area contributed by atoms with Gasteiger partial charge in [0.25, 0.3) is 0 Å². The Bertz CT molecular complexity index is 527. The Morgan fingerprint density at radius 2 is 2.27 bits per heavy atom. The summed E-state index contributed by atoms with van der Waals surface area (Å²) in [7, 11) is 1.57. The summed E-state index contributed by atoms with van der Waals surface area (Å²) in [5, 5.41) is 0. The molecule has 0 spiro atoms. The van der Waals surface area contributed by atoms with Gasteiger partial charge in [0.15, 0.2) is 0 Å². The maximum atomic E-state index is 11.3.